The molecule has 0 atom stereocenters. The summed E-state index contributed by atoms with van der Waals surface area (Å²) >= 11 is 5.46. The van der Waals surface area contributed by atoms with Crippen molar-refractivity contribution in [1.29, 1.82) is 0 Å². The lowest BCUT2D eigenvalue weighted by atomic mass is 10.2. The van der Waals surface area contributed by atoms with Gasteiger partial charge in [0.15, 0.2) is 0 Å². The summed E-state index contributed by atoms with van der Waals surface area (Å²) in [6.07, 6.45) is -3.50. The molecule has 0 bridgehead atoms. The SMILES string of the molecule is Cn1nc(-c2cnc(Cl)cc2F)cc1C(F)(F)F. The van der Waals surface area contributed by atoms with Gasteiger partial charge in [-0.15, -0.1) is 0 Å². The van der Waals surface area contributed by atoms with Crippen molar-refractivity contribution >= 4 is 11.6 Å². The highest BCUT2D eigenvalue weighted by atomic mass is 35.5. The van der Waals surface area contributed by atoms with Crippen LogP contribution in [0.15, 0.2) is 18.3 Å². The molecule has 18 heavy (non-hydrogen) atoms. The maximum atomic E-state index is 13.5. The molecule has 0 aliphatic rings. The predicted octanol–water partition coefficient (Wildman–Crippen LogP) is 3.29. The Morgan fingerprint density at radius 1 is 1.28 bits per heavy atom. The van der Waals surface area contributed by atoms with E-state index in [0.717, 1.165) is 25.4 Å². The van der Waals surface area contributed by atoms with Crippen molar-refractivity contribution in [2.45, 2.75) is 6.18 Å². The molecule has 2 rings (SSSR count). The highest BCUT2D eigenvalue weighted by molar-refractivity contribution is 6.29. The van der Waals surface area contributed by atoms with E-state index >= 15 is 0 Å². The Morgan fingerprint density at radius 2 is 1.94 bits per heavy atom. The molecule has 2 aromatic heterocycles. The summed E-state index contributed by atoms with van der Waals surface area (Å²) in [4.78, 5) is 3.61. The topological polar surface area (TPSA) is 30.7 Å². The molecule has 0 spiro atoms. The van der Waals surface area contributed by atoms with Crippen LogP contribution in [-0.4, -0.2) is 14.8 Å². The van der Waals surface area contributed by atoms with E-state index in [1.165, 1.54) is 0 Å². The van der Waals surface area contributed by atoms with Crippen molar-refractivity contribution in [3.05, 3.63) is 35.0 Å². The fourth-order valence-corrected chi connectivity index (χ4v) is 1.60. The van der Waals surface area contributed by atoms with Crippen molar-refractivity contribution < 1.29 is 17.6 Å². The van der Waals surface area contributed by atoms with Gasteiger partial charge in [-0.3, -0.25) is 4.68 Å². The Morgan fingerprint density at radius 3 is 2.44 bits per heavy atom. The zero-order valence-corrected chi connectivity index (χ0v) is 9.72. The van der Waals surface area contributed by atoms with E-state index in [1.807, 2.05) is 0 Å². The molecule has 0 saturated carbocycles. The van der Waals surface area contributed by atoms with Crippen molar-refractivity contribution in [2.75, 3.05) is 0 Å². The molecule has 0 saturated heterocycles. The highest BCUT2D eigenvalue weighted by Gasteiger charge is 2.35. The lowest BCUT2D eigenvalue weighted by Gasteiger charge is -2.04. The quantitative estimate of drug-likeness (QED) is 0.592. The molecule has 0 fully saturated rings. The van der Waals surface area contributed by atoms with Crippen LogP contribution < -0.4 is 0 Å². The van der Waals surface area contributed by atoms with Gasteiger partial charge in [-0.1, -0.05) is 11.6 Å². The highest BCUT2D eigenvalue weighted by Crippen LogP contribution is 2.32. The van der Waals surface area contributed by atoms with Crippen LogP contribution in [0.5, 0.6) is 0 Å². The first-order valence-corrected chi connectivity index (χ1v) is 5.09. The second-order valence-corrected chi connectivity index (χ2v) is 3.91. The van der Waals surface area contributed by atoms with Gasteiger partial charge in [-0.2, -0.15) is 18.3 Å². The number of aryl methyl sites for hydroxylation is 1. The van der Waals surface area contributed by atoms with E-state index in [9.17, 15) is 17.6 Å². The van der Waals surface area contributed by atoms with Crippen LogP contribution in [0.1, 0.15) is 5.69 Å². The molecule has 0 N–H and O–H groups in total. The molecule has 3 nitrogen and oxygen atoms in total. The third-order valence-electron chi connectivity index (χ3n) is 2.27. The Balaban J connectivity index is 2.53. The van der Waals surface area contributed by atoms with Crippen molar-refractivity contribution in [1.82, 2.24) is 14.8 Å². The molecule has 0 amide bonds. The van der Waals surface area contributed by atoms with Gasteiger partial charge in [-0.25, -0.2) is 9.37 Å². The number of nitrogens with zero attached hydrogens (tertiary/aromatic N) is 3. The molecule has 8 heteroatoms. The van der Waals surface area contributed by atoms with E-state index in [-0.39, 0.29) is 16.4 Å². The Bertz CT molecular complexity index is 591. The average molecular weight is 280 g/mol. The lowest BCUT2D eigenvalue weighted by molar-refractivity contribution is -0.143. The van der Waals surface area contributed by atoms with Crippen LogP contribution in [0.4, 0.5) is 17.6 Å². The van der Waals surface area contributed by atoms with Gasteiger partial charge in [0.05, 0.1) is 11.3 Å². The summed E-state index contributed by atoms with van der Waals surface area (Å²) in [5, 5.41) is 3.53. The fraction of sp³-hybridized carbons (Fsp3) is 0.200. The molecule has 0 unspecified atom stereocenters. The monoisotopic (exact) mass is 279 g/mol. The summed E-state index contributed by atoms with van der Waals surface area (Å²) in [6.45, 7) is 0. The van der Waals surface area contributed by atoms with Crippen LogP contribution >= 0.6 is 11.6 Å². The van der Waals surface area contributed by atoms with Gasteiger partial charge >= 0.3 is 6.18 Å². The molecule has 0 aliphatic carbocycles. The van der Waals surface area contributed by atoms with Crippen LogP contribution in [-0.2, 0) is 13.2 Å². The fourth-order valence-electron chi connectivity index (χ4n) is 1.46. The van der Waals surface area contributed by atoms with Gasteiger partial charge in [0.1, 0.15) is 16.7 Å². The Kier molecular flexibility index (Phi) is 3.02. The zero-order valence-electron chi connectivity index (χ0n) is 8.96. The van der Waals surface area contributed by atoms with E-state index in [2.05, 4.69) is 10.1 Å². The zero-order chi connectivity index (χ0) is 13.5. The number of alkyl halides is 3. The Labute approximate surface area is 104 Å². The van der Waals surface area contributed by atoms with Crippen molar-refractivity contribution in [3.8, 4) is 11.3 Å². The predicted molar refractivity (Wildman–Crippen MR) is 56.4 cm³/mol. The van der Waals surface area contributed by atoms with Crippen LogP contribution in [0.3, 0.4) is 0 Å². The molecular formula is C10H6ClF4N3. The minimum absolute atomic E-state index is 0.0803. The second-order valence-electron chi connectivity index (χ2n) is 3.52. The number of aromatic nitrogens is 3. The third kappa shape index (κ3) is 2.31. The van der Waals surface area contributed by atoms with Crippen LogP contribution in [0, 0.1) is 5.82 Å². The maximum Gasteiger partial charge on any atom is 0.433 e. The Hall–Kier alpha value is -1.63. The third-order valence-corrected chi connectivity index (χ3v) is 2.47. The minimum Gasteiger partial charge on any atom is -0.263 e. The van der Waals surface area contributed by atoms with Gasteiger partial charge in [0.25, 0.3) is 0 Å². The van der Waals surface area contributed by atoms with Crippen LogP contribution in [0.25, 0.3) is 11.3 Å². The number of hydrogen-bond donors (Lipinski definition) is 0. The first-order valence-electron chi connectivity index (χ1n) is 4.71. The van der Waals surface area contributed by atoms with Crippen molar-refractivity contribution in [2.24, 2.45) is 7.05 Å². The number of pyridine rings is 1. The summed E-state index contributed by atoms with van der Waals surface area (Å²) < 4.78 is 51.8. The van der Waals surface area contributed by atoms with Crippen molar-refractivity contribution in [3.63, 3.8) is 0 Å². The first kappa shape index (κ1) is 12.8. The van der Waals surface area contributed by atoms with E-state index in [4.69, 9.17) is 11.6 Å². The normalized spacial score (nSPS) is 11.9. The molecule has 0 aromatic carbocycles. The average Bonchev–Trinajstić information content (AvgIpc) is 2.59. The summed E-state index contributed by atoms with van der Waals surface area (Å²) in [5.74, 6) is -0.776. The molecule has 0 radical (unpaired) electrons. The maximum absolute atomic E-state index is 13.5. The number of halogens is 5. The minimum atomic E-state index is -4.55. The summed E-state index contributed by atoms with van der Waals surface area (Å²) in [7, 11) is 1.13. The van der Waals surface area contributed by atoms with Gasteiger partial charge in [0.2, 0.25) is 0 Å². The van der Waals surface area contributed by atoms with E-state index < -0.39 is 17.7 Å². The standard InChI is InChI=1S/C10H6ClF4N3/c1-18-8(10(13,14)15)3-7(17-18)5-4-16-9(11)2-6(5)12/h2-4H,1H3. The van der Waals surface area contributed by atoms with Crippen LogP contribution in [0.2, 0.25) is 5.15 Å². The first-order chi connectivity index (χ1) is 8.29. The lowest BCUT2D eigenvalue weighted by Crippen LogP contribution is -2.11. The molecular weight excluding hydrogens is 274 g/mol. The van der Waals surface area contributed by atoms with Gasteiger partial charge in [0, 0.05) is 19.3 Å². The molecule has 2 aromatic rings. The summed E-state index contributed by atoms with van der Waals surface area (Å²) in [6, 6.07) is 1.67. The summed E-state index contributed by atoms with van der Waals surface area (Å²) in [5.41, 5.74) is -1.25. The smallest absolute Gasteiger partial charge is 0.263 e. The molecule has 96 valence electrons. The molecule has 0 aliphatic heterocycles. The number of rotatable bonds is 1. The largest absolute Gasteiger partial charge is 0.433 e. The number of hydrogen-bond acceptors (Lipinski definition) is 2. The molecule has 2 heterocycles. The van der Waals surface area contributed by atoms with E-state index in [0.29, 0.717) is 4.68 Å². The van der Waals surface area contributed by atoms with E-state index in [1.54, 1.807) is 0 Å². The van der Waals surface area contributed by atoms with Gasteiger partial charge in [-0.05, 0) is 6.07 Å². The van der Waals surface area contributed by atoms with Gasteiger partial charge < -0.3 is 0 Å². The second kappa shape index (κ2) is 4.24.